The summed E-state index contributed by atoms with van der Waals surface area (Å²) in [7, 11) is 1.94. The van der Waals surface area contributed by atoms with Crippen LogP contribution in [0.5, 0.6) is 5.75 Å². The van der Waals surface area contributed by atoms with E-state index in [0.717, 1.165) is 22.7 Å². The Bertz CT molecular complexity index is 1020. The molecule has 0 atom stereocenters. The summed E-state index contributed by atoms with van der Waals surface area (Å²) in [6.45, 7) is 0.957. The van der Waals surface area contributed by atoms with Gasteiger partial charge in [0.25, 0.3) is 0 Å². The van der Waals surface area contributed by atoms with Crippen LogP contribution in [0.4, 0.5) is 0 Å². The van der Waals surface area contributed by atoms with Crippen LogP contribution in [0, 0.1) is 0 Å². The Morgan fingerprint density at radius 2 is 1.81 bits per heavy atom. The van der Waals surface area contributed by atoms with Crippen LogP contribution in [-0.2, 0) is 20.2 Å². The van der Waals surface area contributed by atoms with Gasteiger partial charge in [-0.15, -0.1) is 10.2 Å². The summed E-state index contributed by atoms with van der Waals surface area (Å²) in [5, 5.41) is 13.3. The highest BCUT2D eigenvalue weighted by Crippen LogP contribution is 2.18. The molecular formula is C19H17ClN6O. The number of ether oxygens (including phenoxy) is 1. The van der Waals surface area contributed by atoms with Crippen molar-refractivity contribution >= 4 is 11.6 Å². The lowest BCUT2D eigenvalue weighted by atomic mass is 10.2. The highest BCUT2D eigenvalue weighted by atomic mass is 35.5. The quantitative estimate of drug-likeness (QED) is 0.513. The van der Waals surface area contributed by atoms with Gasteiger partial charge in [0.15, 0.2) is 0 Å². The number of imidazole rings is 1. The highest BCUT2D eigenvalue weighted by molar-refractivity contribution is 6.30. The molecule has 2 heterocycles. The van der Waals surface area contributed by atoms with E-state index in [4.69, 9.17) is 16.3 Å². The molecule has 0 fully saturated rings. The molecule has 0 saturated carbocycles. The zero-order chi connectivity index (χ0) is 18.6. The summed E-state index contributed by atoms with van der Waals surface area (Å²) in [6.07, 6.45) is 3.65. The van der Waals surface area contributed by atoms with Crippen molar-refractivity contribution in [2.24, 2.45) is 7.05 Å². The first-order valence-corrected chi connectivity index (χ1v) is 8.77. The Morgan fingerprint density at radius 1 is 1.04 bits per heavy atom. The van der Waals surface area contributed by atoms with Crippen molar-refractivity contribution in [3.63, 3.8) is 0 Å². The van der Waals surface area contributed by atoms with Crippen molar-refractivity contribution in [2.45, 2.75) is 13.2 Å². The Balaban J connectivity index is 1.38. The molecule has 2 aromatic carbocycles. The van der Waals surface area contributed by atoms with Crippen molar-refractivity contribution < 1.29 is 4.74 Å². The second-order valence-corrected chi connectivity index (χ2v) is 6.47. The van der Waals surface area contributed by atoms with E-state index in [-0.39, 0.29) is 0 Å². The minimum absolute atomic E-state index is 0.429. The zero-order valence-electron chi connectivity index (χ0n) is 14.7. The fraction of sp³-hybridized carbons (Fsp3) is 0.158. The molecule has 0 amide bonds. The molecule has 4 rings (SSSR count). The van der Waals surface area contributed by atoms with E-state index in [1.165, 1.54) is 0 Å². The smallest absolute Gasteiger partial charge is 0.204 e. The second-order valence-electron chi connectivity index (χ2n) is 6.04. The lowest BCUT2D eigenvalue weighted by molar-refractivity contribution is 0.291. The van der Waals surface area contributed by atoms with Crippen LogP contribution in [0.25, 0.3) is 11.4 Å². The van der Waals surface area contributed by atoms with Gasteiger partial charge in [-0.2, -0.15) is 4.80 Å². The third-order valence-corrected chi connectivity index (χ3v) is 4.34. The first kappa shape index (κ1) is 17.2. The number of halogens is 1. The third-order valence-electron chi connectivity index (χ3n) is 4.09. The van der Waals surface area contributed by atoms with Crippen LogP contribution in [0.3, 0.4) is 0 Å². The van der Waals surface area contributed by atoms with E-state index in [9.17, 15) is 0 Å². The predicted molar refractivity (Wildman–Crippen MR) is 101 cm³/mol. The fourth-order valence-electron chi connectivity index (χ4n) is 2.56. The van der Waals surface area contributed by atoms with Gasteiger partial charge in [0.05, 0.1) is 6.54 Å². The van der Waals surface area contributed by atoms with Gasteiger partial charge in [-0.1, -0.05) is 23.7 Å². The molecule has 0 aliphatic carbocycles. The van der Waals surface area contributed by atoms with Crippen LogP contribution < -0.4 is 4.74 Å². The molecule has 4 aromatic rings. The molecule has 0 N–H and O–H groups in total. The van der Waals surface area contributed by atoms with E-state index < -0.39 is 0 Å². The second kappa shape index (κ2) is 7.59. The lowest BCUT2D eigenvalue weighted by Crippen LogP contribution is -2.05. The van der Waals surface area contributed by atoms with Crippen LogP contribution in [-0.4, -0.2) is 29.8 Å². The first-order valence-electron chi connectivity index (χ1n) is 8.39. The SMILES string of the molecule is Cn1ccnc1COc1ccc(Cn2nnc(-c3ccc(Cl)cc3)n2)cc1. The van der Waals surface area contributed by atoms with Crippen molar-refractivity contribution in [1.29, 1.82) is 0 Å². The summed E-state index contributed by atoms with van der Waals surface area (Å²) in [5.41, 5.74) is 1.93. The van der Waals surface area contributed by atoms with Crippen molar-refractivity contribution in [2.75, 3.05) is 0 Å². The maximum atomic E-state index is 5.91. The minimum Gasteiger partial charge on any atom is -0.486 e. The molecule has 27 heavy (non-hydrogen) atoms. The number of benzene rings is 2. The summed E-state index contributed by atoms with van der Waals surface area (Å²) in [6, 6.07) is 15.2. The van der Waals surface area contributed by atoms with Gasteiger partial charge < -0.3 is 9.30 Å². The number of aromatic nitrogens is 6. The molecule has 136 valence electrons. The molecule has 0 spiro atoms. The maximum absolute atomic E-state index is 5.91. The lowest BCUT2D eigenvalue weighted by Gasteiger charge is -2.07. The Kier molecular flexibility index (Phi) is 4.84. The number of rotatable bonds is 6. The van der Waals surface area contributed by atoms with Gasteiger partial charge in [-0.3, -0.25) is 0 Å². The van der Waals surface area contributed by atoms with Crippen molar-refractivity contribution in [1.82, 2.24) is 29.8 Å². The Hall–Kier alpha value is -3.19. The average molecular weight is 381 g/mol. The topological polar surface area (TPSA) is 70.7 Å². The maximum Gasteiger partial charge on any atom is 0.204 e. The fourth-order valence-corrected chi connectivity index (χ4v) is 2.69. The number of hydrogen-bond acceptors (Lipinski definition) is 5. The molecule has 0 aliphatic rings. The Morgan fingerprint density at radius 3 is 2.52 bits per heavy atom. The van der Waals surface area contributed by atoms with Crippen LogP contribution >= 0.6 is 11.6 Å². The summed E-state index contributed by atoms with van der Waals surface area (Å²) in [5.74, 6) is 2.23. The van der Waals surface area contributed by atoms with Gasteiger partial charge in [0, 0.05) is 30.0 Å². The van der Waals surface area contributed by atoms with E-state index in [0.29, 0.717) is 24.0 Å². The van der Waals surface area contributed by atoms with E-state index in [2.05, 4.69) is 20.4 Å². The molecule has 2 aromatic heterocycles. The molecular weight excluding hydrogens is 364 g/mol. The monoisotopic (exact) mass is 380 g/mol. The first-order chi connectivity index (χ1) is 13.2. The third kappa shape index (κ3) is 4.15. The molecule has 0 saturated heterocycles. The summed E-state index contributed by atoms with van der Waals surface area (Å²) >= 11 is 5.91. The summed E-state index contributed by atoms with van der Waals surface area (Å²) in [4.78, 5) is 5.80. The number of tetrazole rings is 1. The Labute approximate surface area is 161 Å². The predicted octanol–water partition coefficient (Wildman–Crippen LogP) is 3.35. The van der Waals surface area contributed by atoms with E-state index in [1.54, 1.807) is 23.1 Å². The average Bonchev–Trinajstić information content (AvgIpc) is 3.31. The van der Waals surface area contributed by atoms with Crippen molar-refractivity contribution in [3.8, 4) is 17.1 Å². The van der Waals surface area contributed by atoms with Gasteiger partial charge in [-0.25, -0.2) is 4.98 Å². The molecule has 8 heteroatoms. The largest absolute Gasteiger partial charge is 0.486 e. The molecule has 0 unspecified atom stereocenters. The standard InChI is InChI=1S/C19H17ClN6O/c1-25-11-10-21-18(25)13-27-17-8-2-14(3-9-17)12-26-23-19(22-24-26)15-4-6-16(20)7-5-15/h2-11H,12-13H2,1H3. The van der Waals surface area contributed by atoms with E-state index in [1.807, 2.05) is 54.2 Å². The normalized spacial score (nSPS) is 10.9. The summed E-state index contributed by atoms with van der Waals surface area (Å²) < 4.78 is 7.70. The number of aryl methyl sites for hydroxylation is 1. The van der Waals surface area contributed by atoms with Crippen LogP contribution in [0.1, 0.15) is 11.4 Å². The van der Waals surface area contributed by atoms with Gasteiger partial charge in [-0.05, 0) is 47.2 Å². The highest BCUT2D eigenvalue weighted by Gasteiger charge is 2.07. The van der Waals surface area contributed by atoms with Crippen LogP contribution in [0.2, 0.25) is 5.02 Å². The van der Waals surface area contributed by atoms with E-state index >= 15 is 0 Å². The van der Waals surface area contributed by atoms with Gasteiger partial charge >= 0.3 is 0 Å². The molecule has 0 bridgehead atoms. The van der Waals surface area contributed by atoms with Gasteiger partial charge in [0.2, 0.25) is 5.82 Å². The minimum atomic E-state index is 0.429. The number of hydrogen-bond donors (Lipinski definition) is 0. The molecule has 7 nitrogen and oxygen atoms in total. The molecule has 0 radical (unpaired) electrons. The number of nitrogens with zero attached hydrogens (tertiary/aromatic N) is 6. The molecule has 0 aliphatic heterocycles. The van der Waals surface area contributed by atoms with Crippen LogP contribution in [0.15, 0.2) is 60.9 Å². The van der Waals surface area contributed by atoms with Crippen molar-refractivity contribution in [3.05, 3.63) is 77.3 Å². The zero-order valence-corrected chi connectivity index (χ0v) is 15.4. The van der Waals surface area contributed by atoms with Gasteiger partial charge in [0.1, 0.15) is 18.2 Å².